The summed E-state index contributed by atoms with van der Waals surface area (Å²) in [7, 11) is -12.2. The minimum atomic E-state index is -6.09. The number of alkyl halides is 6. The average molecular weight is 983 g/mol. The summed E-state index contributed by atoms with van der Waals surface area (Å²) in [6, 6.07) is 4.86. The average Bonchev–Trinajstić information content (AvgIpc) is 2.98. The third-order valence-corrected chi connectivity index (χ3v) is 7.81. The minimum absolute atomic E-state index is 0. The normalized spacial score (nSPS) is 17.3. The van der Waals surface area contributed by atoms with Gasteiger partial charge in [0.25, 0.3) is 0 Å². The molecule has 0 unspecified atom stereocenters. The van der Waals surface area contributed by atoms with E-state index in [9.17, 15) is 26.3 Å². The van der Waals surface area contributed by atoms with Gasteiger partial charge in [-0.05, 0) is 61.3 Å². The van der Waals surface area contributed by atoms with Gasteiger partial charge in [0.05, 0.1) is 0 Å². The first-order valence-electron chi connectivity index (χ1n) is 15.3. The van der Waals surface area contributed by atoms with Crippen molar-refractivity contribution in [3.05, 3.63) is 34.4 Å². The Morgan fingerprint density at radius 1 is 0.426 bits per heavy atom. The van der Waals surface area contributed by atoms with Crippen molar-refractivity contribution in [3.63, 3.8) is 0 Å². The minimum Gasteiger partial charge on any atom is -1.00 e. The van der Waals surface area contributed by atoms with Gasteiger partial charge in [0, 0.05) is 78.5 Å². The summed E-state index contributed by atoms with van der Waals surface area (Å²) in [6.07, 6.45) is 2.36. The number of rotatable bonds is 0. The molecule has 0 amide bonds. The molecule has 0 atom stereocenters. The van der Waals surface area contributed by atoms with Gasteiger partial charge in [0.15, 0.2) is 20.2 Å². The van der Waals surface area contributed by atoms with Crippen LogP contribution < -0.4 is 67.3 Å². The fourth-order valence-electron chi connectivity index (χ4n) is 4.23. The molecule has 2 aliphatic rings. The predicted molar refractivity (Wildman–Crippen MR) is 173 cm³/mol. The van der Waals surface area contributed by atoms with E-state index in [1.54, 1.807) is 0 Å². The largest absolute Gasteiger partial charge is 2.00 e. The maximum absolute atomic E-state index is 10.7. The van der Waals surface area contributed by atoms with Gasteiger partial charge in [0.1, 0.15) is 0 Å². The molecule has 28 heteroatoms. The van der Waals surface area contributed by atoms with Gasteiger partial charge in [0.2, 0.25) is 0 Å². The quantitative estimate of drug-likeness (QED) is 0.0520. The molecular weight excluding hydrogens is 932 g/mol. The van der Waals surface area contributed by atoms with Crippen LogP contribution >= 0.6 is 0 Å². The van der Waals surface area contributed by atoms with Gasteiger partial charge in [-0.15, -0.1) is 0 Å². The second-order valence-corrected chi connectivity index (χ2v) is 13.3. The van der Waals surface area contributed by atoms with Gasteiger partial charge >= 0.3 is 50.0 Å². The monoisotopic (exact) mass is 978 g/mol. The van der Waals surface area contributed by atoms with E-state index >= 15 is 0 Å². The smallest absolute Gasteiger partial charge is 1.00 e. The molecule has 0 saturated carbocycles. The van der Waals surface area contributed by atoms with E-state index in [0.29, 0.717) is 0 Å². The number of nitrogens with one attached hydrogen (secondary N) is 8. The second kappa shape index (κ2) is 35.0. The van der Waals surface area contributed by atoms with E-state index in [2.05, 4.69) is 54.7 Å². The molecule has 3 rings (SSSR count). The third kappa shape index (κ3) is 31.1. The molecule has 0 aliphatic carbocycles. The zero-order valence-electron chi connectivity index (χ0n) is 29.6. The van der Waals surface area contributed by atoms with Crippen molar-refractivity contribution in [1.29, 1.82) is 0 Å². The van der Waals surface area contributed by atoms with Gasteiger partial charge in [-0.25, -0.2) is 16.8 Å². The van der Waals surface area contributed by atoms with Crippen LogP contribution in [-0.2, 0) is 85.4 Å². The number of hydrogen-bond acceptors (Lipinski definition) is 14. The summed E-state index contributed by atoms with van der Waals surface area (Å²) in [6.45, 7) is 16.1. The second-order valence-electron chi connectivity index (χ2n) is 10.6. The van der Waals surface area contributed by atoms with Crippen LogP contribution in [0.5, 0.6) is 0 Å². The molecule has 0 fully saturated rings. The van der Waals surface area contributed by atoms with Crippen molar-refractivity contribution < 1.29 is 127 Å². The number of hydrogen-bond donors (Lipinski definition) is 8. The first kappa shape index (κ1) is 65.9. The van der Waals surface area contributed by atoms with Crippen LogP contribution in [0.15, 0.2) is 12.1 Å². The van der Waals surface area contributed by atoms with Gasteiger partial charge in [-0.1, -0.05) is 12.1 Å². The van der Waals surface area contributed by atoms with Gasteiger partial charge in [-0.3, -0.25) is 0 Å². The Labute approximate surface area is 350 Å². The Bertz CT molecular complexity index is 1150. The molecule has 2 heterocycles. The number of fused-ring (bicyclic) bond motifs is 2. The van der Waals surface area contributed by atoms with Crippen molar-refractivity contribution in [3.8, 4) is 0 Å². The Morgan fingerprint density at radius 3 is 0.759 bits per heavy atom. The Kier molecular flexibility index (Phi) is 42.7. The molecule has 0 spiro atoms. The Hall–Kier alpha value is 0.0468. The number of benzene rings is 1. The molecular formula is C26H50Cl2F6N8O8S2Zn2. The SMILES string of the molecule is O.O.O=S(=O)([O-])C(F)(F)F.O=S(=O)([O-])C(F)(F)F.[Cl-].[Cl-].[Zn+2].[Zn+2].c1c2c(cc3c1CNCCNCCCNCCNC3)CNCCNCCCNCCNC2. The Morgan fingerprint density at radius 2 is 0.593 bits per heavy atom. The molecule has 1 aromatic carbocycles. The summed E-state index contributed by atoms with van der Waals surface area (Å²) < 4.78 is 118. The summed E-state index contributed by atoms with van der Waals surface area (Å²) >= 11 is 0. The predicted octanol–water partition coefficient (Wildman–Crippen LogP) is -8.33. The summed E-state index contributed by atoms with van der Waals surface area (Å²) in [5.74, 6) is 0. The van der Waals surface area contributed by atoms with Crippen molar-refractivity contribution in [1.82, 2.24) is 42.5 Å². The van der Waals surface area contributed by atoms with Crippen molar-refractivity contribution >= 4 is 20.2 Å². The van der Waals surface area contributed by atoms with E-state index in [1.807, 2.05) is 0 Å². The summed E-state index contributed by atoms with van der Waals surface area (Å²) in [4.78, 5) is 0. The number of halogens is 8. The fraction of sp³-hybridized carbons (Fsp3) is 0.769. The first-order valence-corrected chi connectivity index (χ1v) is 18.1. The van der Waals surface area contributed by atoms with Crippen LogP contribution in [0.3, 0.4) is 0 Å². The van der Waals surface area contributed by atoms with Crippen LogP contribution in [-0.4, -0.2) is 126 Å². The van der Waals surface area contributed by atoms with E-state index in [4.69, 9.17) is 25.9 Å². The van der Waals surface area contributed by atoms with Crippen molar-refractivity contribution in [2.24, 2.45) is 0 Å². The molecule has 0 bridgehead atoms. The van der Waals surface area contributed by atoms with Crippen LogP contribution in [0.1, 0.15) is 35.1 Å². The Balaban J connectivity index is -0.000000222. The zero-order valence-corrected chi connectivity index (χ0v) is 38.7. The van der Waals surface area contributed by atoms with Crippen LogP contribution in [0, 0.1) is 0 Å². The van der Waals surface area contributed by atoms with E-state index in [0.717, 1.165) is 105 Å². The molecule has 0 radical (unpaired) electrons. The van der Waals surface area contributed by atoms with Crippen LogP contribution in [0.25, 0.3) is 0 Å². The summed E-state index contributed by atoms with van der Waals surface area (Å²) in [5.41, 5.74) is -5.63. The van der Waals surface area contributed by atoms with Crippen LogP contribution in [0.2, 0.25) is 0 Å². The van der Waals surface area contributed by atoms with E-state index in [1.165, 1.54) is 35.1 Å². The van der Waals surface area contributed by atoms with Crippen molar-refractivity contribution in [2.45, 2.75) is 50.0 Å². The van der Waals surface area contributed by atoms with Gasteiger partial charge < -0.3 is 87.4 Å². The zero-order chi connectivity index (χ0) is 36.1. The maximum atomic E-state index is 10.7. The molecule has 314 valence electrons. The first-order chi connectivity index (χ1) is 22.4. The van der Waals surface area contributed by atoms with Crippen molar-refractivity contribution in [2.75, 3.05) is 78.5 Å². The topological polar surface area (TPSA) is 274 Å². The molecule has 12 N–H and O–H groups in total. The van der Waals surface area contributed by atoms with E-state index in [-0.39, 0.29) is 74.7 Å². The molecule has 54 heavy (non-hydrogen) atoms. The molecule has 1 aromatic rings. The standard InChI is InChI=1S/C24H46N8.2CHF3O3S.2ClH.2H2O.2Zn/c1-3-25-7-11-29-17-21-15-23-19-31-13-9-27-5-2-6-28-10-14-32-20-24(23)16-22(21)18-30-12-8-26-4-1;2*2-1(3,4)8(5,6)7;;;;;;/h15-16,25-32H,1-14,17-20H2;2*(H,5,6,7);2*1H;2*1H2;;/q;;;;;;;2*+2/p-4. The molecule has 2 aliphatic heterocycles. The third-order valence-electron chi connectivity index (χ3n) is 6.68. The maximum Gasteiger partial charge on any atom is 2.00 e. The molecule has 16 nitrogen and oxygen atoms in total. The molecule has 0 saturated heterocycles. The van der Waals surface area contributed by atoms with Crippen LogP contribution in [0.4, 0.5) is 26.3 Å². The summed E-state index contributed by atoms with van der Waals surface area (Å²) in [5, 5.41) is 28.7. The fourth-order valence-corrected chi connectivity index (χ4v) is 4.23. The van der Waals surface area contributed by atoms with E-state index < -0.39 is 31.3 Å². The van der Waals surface area contributed by atoms with Gasteiger partial charge in [-0.2, -0.15) is 26.3 Å². The molecule has 0 aromatic heterocycles.